The van der Waals surface area contributed by atoms with Crippen LogP contribution in [0.2, 0.25) is 102 Å². The molecule has 2 nitrogen and oxygen atoms in total. The molecule has 1 aliphatic rings. The highest BCUT2D eigenvalue weighted by molar-refractivity contribution is 8.12. The van der Waals surface area contributed by atoms with Crippen molar-refractivity contribution in [3.63, 3.8) is 0 Å². The second-order valence-electron chi connectivity index (χ2n) is 16.3. The highest BCUT2D eigenvalue weighted by Gasteiger charge is 2.82. The second-order valence-corrected chi connectivity index (χ2v) is 94.5. The van der Waals surface area contributed by atoms with Gasteiger partial charge in [-0.25, -0.2) is 0 Å². The molecule has 10 heteroatoms. The first-order valence-electron chi connectivity index (χ1n) is 12.8. The molecule has 1 fully saturated rings. The van der Waals surface area contributed by atoms with Crippen LogP contribution in [0.25, 0.3) is 0 Å². The molecule has 0 aromatic carbocycles. The second kappa shape index (κ2) is 8.08. The van der Waals surface area contributed by atoms with Crippen LogP contribution >= 0.6 is 0 Å². The molecule has 0 aromatic heterocycles. The van der Waals surface area contributed by atoms with Gasteiger partial charge in [0.05, 0.1) is 28.4 Å². The molecule has 0 amide bonds. The zero-order chi connectivity index (χ0) is 26.4. The van der Waals surface area contributed by atoms with Crippen molar-refractivity contribution in [2.75, 3.05) is 0 Å². The molecule has 0 N–H and O–H groups in total. The molecular formula is C22H60O2Si8. The Morgan fingerprint density at radius 2 is 0.562 bits per heavy atom. The Bertz CT molecular complexity index is 637. The summed E-state index contributed by atoms with van der Waals surface area (Å²) in [5.41, 5.74) is 0. The molecule has 0 bridgehead atoms. The highest BCUT2D eigenvalue weighted by Crippen LogP contribution is 2.56. The van der Waals surface area contributed by atoms with Gasteiger partial charge in [-0.2, -0.15) is 0 Å². The van der Waals surface area contributed by atoms with E-state index < -0.39 is 59.8 Å². The SMILES string of the molecule is CC(C)(C)[Si](C)(C)O[Si]1(C)[Si](C)(C)[Si](C)(C)[Si](C)(O[Si](C)(C)C(C)(C)C)[Si](C)(C)[Si]1(C)C. The van der Waals surface area contributed by atoms with Gasteiger partial charge in [-0.1, -0.05) is 107 Å². The van der Waals surface area contributed by atoms with Crippen molar-refractivity contribution in [1.82, 2.24) is 0 Å². The first kappa shape index (κ1) is 31.7. The predicted molar refractivity (Wildman–Crippen MR) is 170 cm³/mol. The molecule has 1 aliphatic heterocycles. The third-order valence-corrected chi connectivity index (χ3v) is 170. The first-order chi connectivity index (χ1) is 13.4. The molecule has 1 rings (SSSR count). The lowest BCUT2D eigenvalue weighted by Gasteiger charge is -2.74. The molecule has 1 saturated heterocycles. The molecule has 0 radical (unpaired) electrons. The van der Waals surface area contributed by atoms with Crippen LogP contribution in [-0.4, -0.2) is 59.8 Å². The largest absolute Gasteiger partial charge is 0.460 e. The molecular weight excluding hydrogens is 521 g/mol. The Kier molecular flexibility index (Phi) is 8.00. The predicted octanol–water partition coefficient (Wildman–Crippen LogP) is 8.50. The van der Waals surface area contributed by atoms with Crippen molar-refractivity contribution in [1.29, 1.82) is 0 Å². The Morgan fingerprint density at radius 1 is 0.406 bits per heavy atom. The van der Waals surface area contributed by atoms with E-state index in [4.69, 9.17) is 8.23 Å². The topological polar surface area (TPSA) is 18.5 Å². The highest BCUT2D eigenvalue weighted by atomic mass is 30.2. The maximum atomic E-state index is 7.87. The summed E-state index contributed by atoms with van der Waals surface area (Å²) < 4.78 is 15.7. The van der Waals surface area contributed by atoms with E-state index in [1.165, 1.54) is 0 Å². The van der Waals surface area contributed by atoms with Gasteiger partial charge in [-0.15, -0.1) is 0 Å². The van der Waals surface area contributed by atoms with Gasteiger partial charge in [0.15, 0.2) is 16.6 Å². The van der Waals surface area contributed by atoms with E-state index in [0.29, 0.717) is 0 Å². The lowest BCUT2D eigenvalue weighted by atomic mass is 10.2. The van der Waals surface area contributed by atoms with E-state index in [0.717, 1.165) is 0 Å². The molecule has 0 unspecified atom stereocenters. The van der Waals surface area contributed by atoms with Gasteiger partial charge < -0.3 is 8.23 Å². The third kappa shape index (κ3) is 4.05. The molecule has 192 valence electrons. The summed E-state index contributed by atoms with van der Waals surface area (Å²) in [5, 5.41) is 0.566. The Labute approximate surface area is 210 Å². The zero-order valence-electron chi connectivity index (χ0n) is 25.8. The Hall–Kier alpha value is 1.66. The number of hydrogen-bond donors (Lipinski definition) is 0. The quantitative estimate of drug-likeness (QED) is 0.310. The minimum Gasteiger partial charge on any atom is -0.460 e. The average molecular weight is 581 g/mol. The van der Waals surface area contributed by atoms with Gasteiger partial charge in [0.1, 0.15) is 14.7 Å². The van der Waals surface area contributed by atoms with Gasteiger partial charge >= 0.3 is 0 Å². The van der Waals surface area contributed by atoms with Crippen LogP contribution in [0.5, 0.6) is 0 Å². The van der Waals surface area contributed by atoms with Crippen LogP contribution in [0, 0.1) is 0 Å². The van der Waals surface area contributed by atoms with Gasteiger partial charge in [0, 0.05) is 0 Å². The van der Waals surface area contributed by atoms with E-state index in [1.54, 1.807) is 0 Å². The van der Waals surface area contributed by atoms with Crippen molar-refractivity contribution in [3.8, 4) is 0 Å². The van der Waals surface area contributed by atoms with Crippen LogP contribution < -0.4 is 0 Å². The summed E-state index contributed by atoms with van der Waals surface area (Å²) in [6.45, 7) is 52.7. The fraction of sp³-hybridized carbons (Fsp3) is 1.00. The van der Waals surface area contributed by atoms with E-state index in [1.807, 2.05) is 0 Å². The molecule has 0 atom stereocenters. The van der Waals surface area contributed by atoms with Crippen LogP contribution in [0.15, 0.2) is 0 Å². The minimum atomic E-state index is -1.88. The maximum Gasteiger partial charge on any atom is 0.178 e. The fourth-order valence-electron chi connectivity index (χ4n) is 5.78. The summed E-state index contributed by atoms with van der Waals surface area (Å²) in [5.74, 6) is 0. The monoisotopic (exact) mass is 580 g/mol. The lowest BCUT2D eigenvalue weighted by Crippen LogP contribution is -3.03. The maximum absolute atomic E-state index is 7.87. The van der Waals surface area contributed by atoms with Crippen LogP contribution in [-0.2, 0) is 8.23 Å². The van der Waals surface area contributed by atoms with Crippen molar-refractivity contribution >= 4 is 59.8 Å². The van der Waals surface area contributed by atoms with Crippen LogP contribution in [0.1, 0.15) is 41.5 Å². The van der Waals surface area contributed by atoms with Gasteiger partial charge in [0.25, 0.3) is 0 Å². The molecule has 0 saturated carbocycles. The van der Waals surface area contributed by atoms with Crippen LogP contribution in [0.4, 0.5) is 0 Å². The van der Waals surface area contributed by atoms with Gasteiger partial charge in [0.2, 0.25) is 0 Å². The fourth-order valence-corrected chi connectivity index (χ4v) is 261. The smallest absolute Gasteiger partial charge is 0.178 e. The number of hydrogen-bond acceptors (Lipinski definition) is 2. The van der Waals surface area contributed by atoms with E-state index >= 15 is 0 Å². The summed E-state index contributed by atoms with van der Waals surface area (Å²) in [6, 6.07) is 0. The van der Waals surface area contributed by atoms with Crippen molar-refractivity contribution in [3.05, 3.63) is 0 Å². The molecule has 0 spiro atoms. The summed E-state index contributed by atoms with van der Waals surface area (Å²) in [7, 11) is -14.0. The van der Waals surface area contributed by atoms with Crippen molar-refractivity contribution in [2.24, 2.45) is 0 Å². The minimum absolute atomic E-state index is 0.283. The van der Waals surface area contributed by atoms with Gasteiger partial charge in [-0.05, 0) is 36.3 Å². The van der Waals surface area contributed by atoms with Crippen LogP contribution in [0.3, 0.4) is 0 Å². The third-order valence-electron chi connectivity index (χ3n) is 12.4. The summed E-state index contributed by atoms with van der Waals surface area (Å²) in [4.78, 5) is 0. The summed E-state index contributed by atoms with van der Waals surface area (Å²) >= 11 is 0. The molecule has 32 heavy (non-hydrogen) atoms. The normalized spacial score (nSPS) is 32.6. The molecule has 0 aromatic rings. The first-order valence-corrected chi connectivity index (χ1v) is 41.4. The van der Waals surface area contributed by atoms with Crippen molar-refractivity contribution < 1.29 is 8.23 Å². The Balaban J connectivity index is 3.93. The standard InChI is InChI=1S/C22H60O2Si8/c1-21(2,3)25(7,8)23-31(19)27(11,12)29(15,16)32(20,30(17,18)28(31,13)14)24-26(9,10)22(4,5)6/h1-20H3. The van der Waals surface area contributed by atoms with E-state index in [9.17, 15) is 0 Å². The zero-order valence-corrected chi connectivity index (χ0v) is 33.8. The average Bonchev–Trinajstić information content (AvgIpc) is 2.49. The number of rotatable bonds is 4. The van der Waals surface area contributed by atoms with E-state index in [2.05, 4.69) is 133 Å². The lowest BCUT2D eigenvalue weighted by molar-refractivity contribution is 0.502. The molecule has 0 aliphatic carbocycles. The van der Waals surface area contributed by atoms with Gasteiger partial charge in [-0.3, -0.25) is 0 Å². The molecule has 1 heterocycles. The summed E-state index contributed by atoms with van der Waals surface area (Å²) in [6.07, 6.45) is 0. The van der Waals surface area contributed by atoms with E-state index in [-0.39, 0.29) is 10.1 Å². The Morgan fingerprint density at radius 3 is 0.688 bits per heavy atom. The van der Waals surface area contributed by atoms with Crippen molar-refractivity contribution in [2.45, 2.75) is 143 Å².